The molecule has 3 rings (SSSR count). The third-order valence-corrected chi connectivity index (χ3v) is 3.94. The first-order chi connectivity index (χ1) is 11.4. The molecule has 2 heterocycles. The maximum Gasteiger partial charge on any atom is 0.361 e. The van der Waals surface area contributed by atoms with Crippen molar-refractivity contribution in [2.24, 2.45) is 0 Å². The molecule has 0 bridgehead atoms. The molecule has 1 saturated heterocycles. The molecule has 8 heteroatoms. The van der Waals surface area contributed by atoms with Crippen molar-refractivity contribution in [3.05, 3.63) is 35.4 Å². The van der Waals surface area contributed by atoms with Gasteiger partial charge >= 0.3 is 5.97 Å². The maximum absolute atomic E-state index is 12.2. The minimum Gasteiger partial charge on any atom is -0.353 e. The second-order valence-electron chi connectivity index (χ2n) is 5.78. The zero-order valence-corrected chi connectivity index (χ0v) is 13.2. The highest BCUT2D eigenvalue weighted by molar-refractivity contribution is 6.20. The molecule has 0 aromatic heterocycles. The molecule has 0 spiro atoms. The number of ether oxygens (including phenoxy) is 1. The minimum absolute atomic E-state index is 0.184. The van der Waals surface area contributed by atoms with Crippen molar-refractivity contribution in [2.45, 2.75) is 25.0 Å². The first kappa shape index (κ1) is 16.1. The van der Waals surface area contributed by atoms with Crippen molar-refractivity contribution in [1.82, 2.24) is 9.96 Å². The van der Waals surface area contributed by atoms with Crippen LogP contribution in [0.5, 0.6) is 0 Å². The van der Waals surface area contributed by atoms with Crippen LogP contribution in [0, 0.1) is 0 Å². The van der Waals surface area contributed by atoms with Gasteiger partial charge in [0.2, 0.25) is 0 Å². The highest BCUT2D eigenvalue weighted by Crippen LogP contribution is 2.26. The Morgan fingerprint density at radius 1 is 1.08 bits per heavy atom. The number of carbonyl (C=O) groups excluding carboxylic acids is 4. The van der Waals surface area contributed by atoms with E-state index in [0.29, 0.717) is 11.5 Å². The quantitative estimate of drug-likeness (QED) is 0.743. The lowest BCUT2D eigenvalue weighted by Crippen LogP contribution is -2.38. The summed E-state index contributed by atoms with van der Waals surface area (Å²) in [7, 11) is 3.19. The van der Waals surface area contributed by atoms with E-state index in [1.807, 2.05) is 0 Å². The third kappa shape index (κ3) is 2.65. The van der Waals surface area contributed by atoms with Crippen LogP contribution in [0.1, 0.15) is 33.6 Å². The topological polar surface area (TPSA) is 93.2 Å². The number of imide groups is 1. The van der Waals surface area contributed by atoms with Crippen LogP contribution in [0.25, 0.3) is 0 Å². The molecule has 3 amide bonds. The number of hydroxylamine groups is 2. The van der Waals surface area contributed by atoms with E-state index in [-0.39, 0.29) is 23.5 Å². The number of rotatable bonds is 3. The number of likely N-dealkylation sites (N-methyl/N-ethyl adjacent to an activating group) is 1. The fraction of sp³-hybridized carbons (Fsp3) is 0.375. The van der Waals surface area contributed by atoms with Crippen LogP contribution in [0.3, 0.4) is 0 Å². The standard InChI is InChI=1S/C16H16N2O6/c1-17(2)15(21)11-7-8-12(23-11)16(22)24-18-13(19)9-5-3-4-6-10(9)14(18)20/h3-6,11-12H,7-8H2,1-2H3/t11-,12+/m0/s1. The molecule has 126 valence electrons. The summed E-state index contributed by atoms with van der Waals surface area (Å²) >= 11 is 0. The van der Waals surface area contributed by atoms with Gasteiger partial charge in [-0.15, -0.1) is 0 Å². The second kappa shape index (κ2) is 6.04. The van der Waals surface area contributed by atoms with Gasteiger partial charge in [-0.2, -0.15) is 0 Å². The van der Waals surface area contributed by atoms with Crippen LogP contribution in [-0.2, 0) is 19.2 Å². The van der Waals surface area contributed by atoms with E-state index < -0.39 is 30.0 Å². The van der Waals surface area contributed by atoms with E-state index >= 15 is 0 Å². The smallest absolute Gasteiger partial charge is 0.353 e. The van der Waals surface area contributed by atoms with Gasteiger partial charge in [-0.05, 0) is 25.0 Å². The summed E-state index contributed by atoms with van der Waals surface area (Å²) in [5.41, 5.74) is 0.367. The molecular weight excluding hydrogens is 316 g/mol. The van der Waals surface area contributed by atoms with Crippen molar-refractivity contribution >= 4 is 23.7 Å². The van der Waals surface area contributed by atoms with Gasteiger partial charge < -0.3 is 14.5 Å². The third-order valence-electron chi connectivity index (χ3n) is 3.94. The lowest BCUT2D eigenvalue weighted by molar-refractivity contribution is -0.181. The monoisotopic (exact) mass is 332 g/mol. The Kier molecular flexibility index (Phi) is 4.06. The van der Waals surface area contributed by atoms with Gasteiger partial charge in [0.1, 0.15) is 6.10 Å². The molecule has 2 aliphatic rings. The van der Waals surface area contributed by atoms with E-state index in [1.54, 1.807) is 26.2 Å². The van der Waals surface area contributed by atoms with Crippen molar-refractivity contribution in [3.8, 4) is 0 Å². The Morgan fingerprint density at radius 3 is 2.17 bits per heavy atom. The van der Waals surface area contributed by atoms with Gasteiger partial charge in [-0.1, -0.05) is 17.2 Å². The fourth-order valence-corrected chi connectivity index (χ4v) is 2.68. The summed E-state index contributed by atoms with van der Waals surface area (Å²) in [4.78, 5) is 54.6. The summed E-state index contributed by atoms with van der Waals surface area (Å²) in [6.07, 6.45) is -1.05. The van der Waals surface area contributed by atoms with E-state index in [2.05, 4.69) is 0 Å². The van der Waals surface area contributed by atoms with Gasteiger partial charge in [-0.25, -0.2) is 4.79 Å². The molecule has 1 fully saturated rings. The van der Waals surface area contributed by atoms with Gasteiger partial charge in [0.15, 0.2) is 6.10 Å². The summed E-state index contributed by atoms with van der Waals surface area (Å²) < 4.78 is 5.39. The molecule has 8 nitrogen and oxygen atoms in total. The molecule has 2 atom stereocenters. The normalized spacial score (nSPS) is 22.5. The van der Waals surface area contributed by atoms with Crippen molar-refractivity contribution in [2.75, 3.05) is 14.1 Å². The minimum atomic E-state index is -0.983. The lowest BCUT2D eigenvalue weighted by atomic mass is 10.1. The van der Waals surface area contributed by atoms with Gasteiger partial charge in [0.05, 0.1) is 11.1 Å². The molecule has 1 aromatic rings. The highest BCUT2D eigenvalue weighted by Gasteiger charge is 2.42. The largest absolute Gasteiger partial charge is 0.361 e. The Balaban J connectivity index is 1.66. The van der Waals surface area contributed by atoms with Crippen LogP contribution in [0.4, 0.5) is 0 Å². The van der Waals surface area contributed by atoms with Crippen LogP contribution in [0.2, 0.25) is 0 Å². The molecule has 0 saturated carbocycles. The number of nitrogens with zero attached hydrogens (tertiary/aromatic N) is 2. The van der Waals surface area contributed by atoms with Crippen molar-refractivity contribution < 1.29 is 28.8 Å². The number of hydrogen-bond acceptors (Lipinski definition) is 6. The molecule has 0 radical (unpaired) electrons. The molecule has 0 N–H and O–H groups in total. The van der Waals surface area contributed by atoms with Crippen molar-refractivity contribution in [3.63, 3.8) is 0 Å². The second-order valence-corrected chi connectivity index (χ2v) is 5.78. The van der Waals surface area contributed by atoms with Gasteiger partial charge in [0, 0.05) is 14.1 Å². The highest BCUT2D eigenvalue weighted by atomic mass is 16.7. The van der Waals surface area contributed by atoms with Crippen LogP contribution in [-0.4, -0.2) is 60.0 Å². The fourth-order valence-electron chi connectivity index (χ4n) is 2.68. The van der Waals surface area contributed by atoms with E-state index in [0.717, 1.165) is 0 Å². The van der Waals surface area contributed by atoms with Crippen molar-refractivity contribution in [1.29, 1.82) is 0 Å². The number of benzene rings is 1. The molecular formula is C16H16N2O6. The van der Waals surface area contributed by atoms with E-state index in [9.17, 15) is 19.2 Å². The first-order valence-electron chi connectivity index (χ1n) is 7.46. The van der Waals surface area contributed by atoms with Crippen LogP contribution >= 0.6 is 0 Å². The summed E-state index contributed by atoms with van der Waals surface area (Å²) in [5, 5.41) is 0.442. The predicted molar refractivity (Wildman–Crippen MR) is 79.6 cm³/mol. The zero-order valence-electron chi connectivity index (χ0n) is 13.2. The maximum atomic E-state index is 12.2. The number of hydrogen-bond donors (Lipinski definition) is 0. The summed E-state index contributed by atoms with van der Waals surface area (Å²) in [6, 6.07) is 6.21. The summed E-state index contributed by atoms with van der Waals surface area (Å²) in [6.45, 7) is 0. The predicted octanol–water partition coefficient (Wildman–Crippen LogP) is 0.377. The van der Waals surface area contributed by atoms with E-state index in [1.165, 1.54) is 17.0 Å². The molecule has 2 aliphatic heterocycles. The molecule has 0 unspecified atom stereocenters. The van der Waals surface area contributed by atoms with Gasteiger partial charge in [-0.3, -0.25) is 14.4 Å². The lowest BCUT2D eigenvalue weighted by Gasteiger charge is -2.18. The Labute approximate surface area is 137 Å². The molecule has 1 aromatic carbocycles. The SMILES string of the molecule is CN(C)C(=O)[C@@H]1CC[C@H](C(=O)ON2C(=O)c3ccccc3C2=O)O1. The average Bonchev–Trinajstić information content (AvgIpc) is 3.14. The average molecular weight is 332 g/mol. The van der Waals surface area contributed by atoms with Crippen LogP contribution < -0.4 is 0 Å². The Hall–Kier alpha value is -2.74. The number of carbonyl (C=O) groups is 4. The summed E-state index contributed by atoms with van der Waals surface area (Å²) in [5.74, 6) is -2.49. The Bertz CT molecular complexity index is 694. The first-order valence-corrected chi connectivity index (χ1v) is 7.46. The van der Waals surface area contributed by atoms with Crippen LogP contribution in [0.15, 0.2) is 24.3 Å². The van der Waals surface area contributed by atoms with E-state index in [4.69, 9.17) is 9.57 Å². The molecule has 24 heavy (non-hydrogen) atoms. The number of amides is 3. The van der Waals surface area contributed by atoms with Gasteiger partial charge in [0.25, 0.3) is 17.7 Å². The molecule has 0 aliphatic carbocycles. The zero-order chi connectivity index (χ0) is 17.4. The number of fused-ring (bicyclic) bond motifs is 1. The Morgan fingerprint density at radius 2 is 1.62 bits per heavy atom.